The quantitative estimate of drug-likeness (QED) is 0.183. The summed E-state index contributed by atoms with van der Waals surface area (Å²) in [6.45, 7) is 1.97. The fourth-order valence-corrected chi connectivity index (χ4v) is 6.40. The van der Waals surface area contributed by atoms with Crippen LogP contribution in [0.1, 0.15) is 0 Å². The van der Waals surface area contributed by atoms with E-state index >= 15 is 0 Å². The Morgan fingerprint density at radius 2 is 1.21 bits per heavy atom. The zero-order valence-electron chi connectivity index (χ0n) is 22.8. The third-order valence-corrected chi connectivity index (χ3v) is 8.27. The van der Waals surface area contributed by atoms with Crippen LogP contribution in [0.2, 0.25) is 0 Å². The molecule has 6 aromatic rings. The van der Waals surface area contributed by atoms with Crippen molar-refractivity contribution in [3.63, 3.8) is 0 Å². The maximum absolute atomic E-state index is 4.25. The molecule has 43 heavy (non-hydrogen) atoms. The molecule has 0 radical (unpaired) electrons. The summed E-state index contributed by atoms with van der Waals surface area (Å²) < 4.78 is 1.77. The second-order valence-electron chi connectivity index (χ2n) is 10.6. The van der Waals surface area contributed by atoms with Gasteiger partial charge in [-0.1, -0.05) is 70.9 Å². The smallest absolute Gasteiger partial charge is 0.278 e. The molecule has 4 heterocycles. The molecule has 3 aliphatic heterocycles. The van der Waals surface area contributed by atoms with Crippen molar-refractivity contribution in [2.24, 2.45) is 0 Å². The van der Waals surface area contributed by atoms with Gasteiger partial charge in [-0.15, -0.1) is 40.7 Å². The summed E-state index contributed by atoms with van der Waals surface area (Å²) in [5.41, 5.74) is 12.3. The zero-order valence-corrected chi connectivity index (χ0v) is 24.3. The van der Waals surface area contributed by atoms with Crippen molar-refractivity contribution in [3.8, 4) is 27.9 Å². The van der Waals surface area contributed by atoms with Gasteiger partial charge in [-0.05, 0) is 42.4 Å². The first-order valence-electron chi connectivity index (χ1n) is 14.0. The third kappa shape index (κ3) is 3.99. The van der Waals surface area contributed by atoms with Gasteiger partial charge >= 0.3 is 0 Å². The van der Waals surface area contributed by atoms with E-state index in [0.29, 0.717) is 0 Å². The van der Waals surface area contributed by atoms with Crippen LogP contribution in [0.4, 0.5) is 22.7 Å². The van der Waals surface area contributed by atoms with Crippen molar-refractivity contribution in [2.75, 3.05) is 14.6 Å². The molecule has 0 amide bonds. The molecule has 0 aliphatic carbocycles. The topological polar surface area (TPSA) is 40.4 Å². The van der Waals surface area contributed by atoms with E-state index in [0.717, 1.165) is 28.0 Å². The predicted molar refractivity (Wildman–Crippen MR) is 168 cm³/mol. The van der Waals surface area contributed by atoms with Crippen LogP contribution < -0.4 is 25.5 Å². The Kier molecular flexibility index (Phi) is 6.08. The largest absolute Gasteiger partial charge is 0.500 e. The number of rotatable bonds is 3. The molecule has 0 unspecified atom stereocenters. The Morgan fingerprint density at radius 1 is 0.605 bits per heavy atom. The molecule has 8 heteroatoms. The van der Waals surface area contributed by atoms with E-state index in [1.165, 1.54) is 33.6 Å². The normalized spacial score (nSPS) is 14.0. The van der Waals surface area contributed by atoms with Gasteiger partial charge in [0, 0.05) is 43.7 Å². The monoisotopic (exact) mass is 643 g/mol. The first kappa shape index (κ1) is 25.8. The summed E-state index contributed by atoms with van der Waals surface area (Å²) in [5, 5.41) is 8.29. The summed E-state index contributed by atoms with van der Waals surface area (Å²) >= 11 is 0. The van der Waals surface area contributed by atoms with Gasteiger partial charge in [-0.25, -0.2) is 4.68 Å². The minimum atomic E-state index is -0.125. The average molecular weight is 644 g/mol. The van der Waals surface area contributed by atoms with Crippen molar-refractivity contribution in [2.45, 2.75) is 0 Å². The Hall–Kier alpha value is -4.89. The summed E-state index contributed by atoms with van der Waals surface area (Å²) in [7, 11) is 0. The van der Waals surface area contributed by atoms with Crippen LogP contribution in [0, 0.1) is 18.8 Å². The fraction of sp³-hybridized carbons (Fsp3) is 0. The van der Waals surface area contributed by atoms with Crippen LogP contribution in [-0.2, 0) is 20.4 Å². The van der Waals surface area contributed by atoms with Gasteiger partial charge in [0.25, 0.3) is 6.85 Å². The molecular formula is C35H22BN6Pd-3. The molecule has 0 atom stereocenters. The SMILES string of the molecule is [Pd].[c-]1c(N2C=CN(c3ccccc3)[CH-]2)ccc2c1B1c3[c-]c(-n4ccnn4)ccc3-c3ccccc3N1c1ccccc1-2. The molecule has 0 N–H and O–H groups in total. The Balaban J connectivity index is 0.00000278. The molecule has 1 aromatic heterocycles. The second-order valence-corrected chi connectivity index (χ2v) is 10.6. The van der Waals surface area contributed by atoms with Crippen LogP contribution >= 0.6 is 0 Å². The molecular weight excluding hydrogens is 622 g/mol. The van der Waals surface area contributed by atoms with Gasteiger partial charge in [0.05, 0.1) is 6.20 Å². The van der Waals surface area contributed by atoms with E-state index in [1.54, 1.807) is 10.9 Å². The number of nitrogens with zero attached hydrogens (tertiary/aromatic N) is 6. The minimum absolute atomic E-state index is 0. The number of hydrogen-bond donors (Lipinski definition) is 0. The second kappa shape index (κ2) is 10.1. The Bertz CT molecular complexity index is 2010. The minimum Gasteiger partial charge on any atom is -0.500 e. The van der Waals surface area contributed by atoms with Crippen LogP contribution in [0.5, 0.6) is 0 Å². The summed E-state index contributed by atoms with van der Waals surface area (Å²) in [5.74, 6) is 0. The maximum atomic E-state index is 4.25. The van der Waals surface area contributed by atoms with E-state index in [9.17, 15) is 0 Å². The molecule has 6 nitrogen and oxygen atoms in total. The van der Waals surface area contributed by atoms with Gasteiger partial charge in [-0.2, -0.15) is 35.2 Å². The van der Waals surface area contributed by atoms with Crippen LogP contribution in [0.3, 0.4) is 0 Å². The molecule has 0 spiro atoms. The molecule has 0 saturated heterocycles. The molecule has 3 aliphatic rings. The van der Waals surface area contributed by atoms with Crippen molar-refractivity contribution in [3.05, 3.63) is 147 Å². The molecule has 208 valence electrons. The molecule has 9 rings (SSSR count). The first-order valence-corrected chi connectivity index (χ1v) is 14.0. The number of hydrogen-bond acceptors (Lipinski definition) is 5. The van der Waals surface area contributed by atoms with Crippen LogP contribution in [-0.4, -0.2) is 21.8 Å². The Morgan fingerprint density at radius 3 is 1.88 bits per heavy atom. The van der Waals surface area contributed by atoms with Crippen molar-refractivity contribution >= 4 is 40.5 Å². The maximum Gasteiger partial charge on any atom is 0.278 e. The molecule has 0 bridgehead atoms. The summed E-state index contributed by atoms with van der Waals surface area (Å²) in [6.07, 6.45) is 7.71. The number of benzene rings is 5. The number of anilines is 4. The first-order chi connectivity index (χ1) is 20.8. The molecule has 0 saturated carbocycles. The zero-order chi connectivity index (χ0) is 27.6. The van der Waals surface area contributed by atoms with Gasteiger partial charge in [-0.3, -0.25) is 0 Å². The van der Waals surface area contributed by atoms with E-state index in [1.807, 2.05) is 12.3 Å². The van der Waals surface area contributed by atoms with E-state index in [-0.39, 0.29) is 27.3 Å². The van der Waals surface area contributed by atoms with Crippen LogP contribution in [0.25, 0.3) is 27.9 Å². The number of para-hydroxylation sites is 3. The Labute approximate surface area is 264 Å². The molecule has 0 fully saturated rings. The molecule has 5 aromatic carbocycles. The van der Waals surface area contributed by atoms with Crippen LogP contribution in [0.15, 0.2) is 128 Å². The fourth-order valence-electron chi connectivity index (χ4n) is 6.40. The van der Waals surface area contributed by atoms with Crippen molar-refractivity contribution in [1.82, 2.24) is 15.0 Å². The third-order valence-electron chi connectivity index (χ3n) is 8.27. The summed E-state index contributed by atoms with van der Waals surface area (Å²) in [6, 6.07) is 44.0. The van der Waals surface area contributed by atoms with Gasteiger partial charge in [0.1, 0.15) is 0 Å². The standard InChI is InChI=1S/C35H22BN6.Pd/c1-2-8-25(9-3-1)39-20-21-40(24-39)26-14-16-28-30-10-4-6-12-34(30)42-35-13-7-5-11-31(35)29-17-15-27(41-19-18-37-38-41)23-33(29)36(42)32(28)22-26;/h1-21,24H;/q-3;. The van der Waals surface area contributed by atoms with Gasteiger partial charge in [0.15, 0.2) is 0 Å². The van der Waals surface area contributed by atoms with Gasteiger partial charge < -0.3 is 14.6 Å². The van der Waals surface area contributed by atoms with E-state index < -0.39 is 0 Å². The van der Waals surface area contributed by atoms with Crippen molar-refractivity contribution in [1.29, 1.82) is 0 Å². The average Bonchev–Trinajstić information content (AvgIpc) is 3.78. The van der Waals surface area contributed by atoms with Gasteiger partial charge in [0.2, 0.25) is 0 Å². The van der Waals surface area contributed by atoms with Crippen molar-refractivity contribution < 1.29 is 20.4 Å². The van der Waals surface area contributed by atoms with E-state index in [4.69, 9.17) is 0 Å². The van der Waals surface area contributed by atoms with E-state index in [2.05, 4.69) is 153 Å². The number of fused-ring (bicyclic) bond motifs is 11. The summed E-state index contributed by atoms with van der Waals surface area (Å²) in [4.78, 5) is 6.71. The number of aromatic nitrogens is 3. The predicted octanol–water partition coefficient (Wildman–Crippen LogP) is 5.69.